The molecule has 0 aromatic carbocycles. The average molecular weight is 1470 g/mol. The number of hydrogen-bond donors (Lipinski definition) is 3. The first-order valence-electron chi connectivity index (χ1n) is 39.8. The molecule has 0 aliphatic rings. The van der Waals surface area contributed by atoms with Crippen LogP contribution in [0.1, 0.15) is 323 Å². The molecule has 0 aromatic rings. The van der Waals surface area contributed by atoms with Crippen LogP contribution in [0.5, 0.6) is 0 Å². The fraction of sp³-hybridized carbons (Fsp3) is 0.711. The molecule has 19 heteroatoms. The van der Waals surface area contributed by atoms with Crippen molar-refractivity contribution in [3.63, 3.8) is 0 Å². The van der Waals surface area contributed by atoms with E-state index < -0.39 is 97.5 Å². The lowest BCUT2D eigenvalue weighted by molar-refractivity contribution is -0.161. The Bertz CT molecular complexity index is 2410. The van der Waals surface area contributed by atoms with Gasteiger partial charge in [-0.25, -0.2) is 9.13 Å². The highest BCUT2D eigenvalue weighted by Crippen LogP contribution is 2.45. The average Bonchev–Trinajstić information content (AvgIpc) is 0.923. The Hall–Kier alpha value is -4.54. The Kier molecular flexibility index (Phi) is 71.4. The number of allylic oxidation sites excluding steroid dienone is 20. The molecule has 0 aromatic heterocycles. The third kappa shape index (κ3) is 73.8. The van der Waals surface area contributed by atoms with Gasteiger partial charge in [0, 0.05) is 25.7 Å². The van der Waals surface area contributed by atoms with Crippen LogP contribution in [0, 0.1) is 0 Å². The SMILES string of the molecule is CC/C=C\C/C=C\C/C=C\C/C=C\C/C=C\CCCC(=O)OCC(COP(=O)(O)OCC(O)COP(=O)(O)OCC(COC(=O)CCCCCCC/C=C\C/C=C\C/C=C\CC)OC(=O)CCCCCCC/C=C\CCCCCCCC)OC(=O)CCCCCCC/C=C\CCCCCCCC. The van der Waals surface area contributed by atoms with E-state index >= 15 is 0 Å². The summed E-state index contributed by atoms with van der Waals surface area (Å²) < 4.78 is 68.5. The van der Waals surface area contributed by atoms with Gasteiger partial charge in [-0.05, 0) is 148 Å². The molecule has 0 heterocycles. The van der Waals surface area contributed by atoms with Crippen molar-refractivity contribution in [3.05, 3.63) is 122 Å². The quantitative estimate of drug-likeness (QED) is 0.0169. The standard InChI is InChI=1S/C83H142O17P2/c1-5-9-13-17-21-25-29-33-37-38-42-44-48-52-56-60-64-68-81(86)94-74-79(100-83(88)70-66-62-58-54-50-46-41-36-32-28-24-20-16-12-8-4)76-98-102(91,92)96-72-77(84)71-95-101(89,90)97-75-78(99-82(87)69-65-61-57-53-49-45-40-35-31-27-23-19-15-11-7-3)73-93-80(85)67-63-59-55-51-47-43-39-34-30-26-22-18-14-10-6-2/h9-10,13-14,21-22,25-26,33-37,39-42,44,52,56,77-79,84H,5-8,11-12,15-20,23-24,27-32,38,43,45-51,53-55,57-76H2,1-4H3,(H,89,90)(H,91,92)/b13-9-,14-10-,25-21-,26-22-,37-33-,39-34-,40-35-,41-36-,44-42-,56-52-. The van der Waals surface area contributed by atoms with Gasteiger partial charge in [0.1, 0.15) is 19.3 Å². The van der Waals surface area contributed by atoms with Crippen molar-refractivity contribution in [2.45, 2.75) is 341 Å². The Morgan fingerprint density at radius 2 is 0.520 bits per heavy atom. The maximum Gasteiger partial charge on any atom is 0.472 e. The molecule has 5 unspecified atom stereocenters. The van der Waals surface area contributed by atoms with E-state index in [1.807, 2.05) is 12.2 Å². The van der Waals surface area contributed by atoms with E-state index in [4.69, 9.17) is 37.0 Å². The van der Waals surface area contributed by atoms with Crippen molar-refractivity contribution in [1.29, 1.82) is 0 Å². The number of rotatable bonds is 74. The Labute approximate surface area is 619 Å². The number of aliphatic hydroxyl groups excluding tert-OH is 1. The molecule has 0 aliphatic heterocycles. The Balaban J connectivity index is 5.43. The minimum atomic E-state index is -4.99. The minimum Gasteiger partial charge on any atom is -0.462 e. The molecule has 0 rings (SSSR count). The van der Waals surface area contributed by atoms with Crippen LogP contribution in [-0.2, 0) is 65.4 Å². The summed E-state index contributed by atoms with van der Waals surface area (Å²) in [5.41, 5.74) is 0. The van der Waals surface area contributed by atoms with Gasteiger partial charge >= 0.3 is 39.5 Å². The van der Waals surface area contributed by atoms with Gasteiger partial charge in [0.2, 0.25) is 0 Å². The fourth-order valence-electron chi connectivity index (χ4n) is 10.4. The molecule has 17 nitrogen and oxygen atoms in total. The molecule has 0 fully saturated rings. The van der Waals surface area contributed by atoms with E-state index in [1.165, 1.54) is 77.0 Å². The van der Waals surface area contributed by atoms with E-state index in [0.29, 0.717) is 32.1 Å². The lowest BCUT2D eigenvalue weighted by Crippen LogP contribution is -2.30. The van der Waals surface area contributed by atoms with Crippen molar-refractivity contribution < 1.29 is 80.2 Å². The maximum absolute atomic E-state index is 13.1. The normalized spacial score (nSPS) is 14.5. The molecule has 0 bridgehead atoms. The van der Waals surface area contributed by atoms with Gasteiger partial charge in [-0.2, -0.15) is 0 Å². The highest BCUT2D eigenvalue weighted by atomic mass is 31.2. The molecule has 0 saturated heterocycles. The second-order valence-electron chi connectivity index (χ2n) is 26.2. The molecular formula is C83H142O17P2. The van der Waals surface area contributed by atoms with Crippen LogP contribution >= 0.6 is 15.6 Å². The van der Waals surface area contributed by atoms with Crippen LogP contribution in [0.2, 0.25) is 0 Å². The van der Waals surface area contributed by atoms with Gasteiger partial charge in [-0.15, -0.1) is 0 Å². The number of carbonyl (C=O) groups excluding carboxylic acids is 4. The molecular weight excluding hydrogens is 1330 g/mol. The zero-order valence-corrected chi connectivity index (χ0v) is 65.8. The Morgan fingerprint density at radius 3 is 0.833 bits per heavy atom. The number of carbonyl (C=O) groups is 4. The molecule has 102 heavy (non-hydrogen) atoms. The van der Waals surface area contributed by atoms with E-state index in [-0.39, 0.29) is 25.7 Å². The van der Waals surface area contributed by atoms with Gasteiger partial charge < -0.3 is 33.8 Å². The highest BCUT2D eigenvalue weighted by Gasteiger charge is 2.30. The zero-order valence-electron chi connectivity index (χ0n) is 64.0. The summed E-state index contributed by atoms with van der Waals surface area (Å²) >= 11 is 0. The number of phosphoric ester groups is 2. The highest BCUT2D eigenvalue weighted by molar-refractivity contribution is 7.47. The number of ether oxygens (including phenoxy) is 4. The van der Waals surface area contributed by atoms with E-state index in [0.717, 1.165) is 161 Å². The van der Waals surface area contributed by atoms with Crippen molar-refractivity contribution >= 4 is 39.5 Å². The first kappa shape index (κ1) is 97.5. The van der Waals surface area contributed by atoms with Crippen LogP contribution in [0.4, 0.5) is 0 Å². The van der Waals surface area contributed by atoms with Crippen molar-refractivity contribution in [2.24, 2.45) is 0 Å². The zero-order chi connectivity index (χ0) is 74.6. The Morgan fingerprint density at radius 1 is 0.284 bits per heavy atom. The smallest absolute Gasteiger partial charge is 0.462 e. The fourth-order valence-corrected chi connectivity index (χ4v) is 12.0. The lowest BCUT2D eigenvalue weighted by atomic mass is 10.1. The summed E-state index contributed by atoms with van der Waals surface area (Å²) in [4.78, 5) is 73.0. The molecule has 0 radical (unpaired) electrons. The van der Waals surface area contributed by atoms with Crippen LogP contribution < -0.4 is 0 Å². The van der Waals surface area contributed by atoms with E-state index in [9.17, 15) is 43.2 Å². The number of unbranched alkanes of at least 4 members (excludes halogenated alkanes) is 28. The molecule has 5 atom stereocenters. The summed E-state index contributed by atoms with van der Waals surface area (Å²) in [5, 5.41) is 10.6. The minimum absolute atomic E-state index is 0.0709. The molecule has 0 saturated carbocycles. The predicted octanol–water partition coefficient (Wildman–Crippen LogP) is 23.1. The number of esters is 4. The van der Waals surface area contributed by atoms with Gasteiger partial charge in [0.25, 0.3) is 0 Å². The molecule has 0 aliphatic carbocycles. The summed E-state index contributed by atoms with van der Waals surface area (Å²) in [6, 6.07) is 0. The summed E-state index contributed by atoms with van der Waals surface area (Å²) in [7, 11) is -9.98. The van der Waals surface area contributed by atoms with E-state index in [1.54, 1.807) is 0 Å². The lowest BCUT2D eigenvalue weighted by Gasteiger charge is -2.21. The molecule has 3 N–H and O–H groups in total. The van der Waals surface area contributed by atoms with Crippen LogP contribution in [-0.4, -0.2) is 96.7 Å². The van der Waals surface area contributed by atoms with E-state index in [2.05, 4.69) is 137 Å². The summed E-state index contributed by atoms with van der Waals surface area (Å²) in [5.74, 6) is -2.27. The van der Waals surface area contributed by atoms with Gasteiger partial charge in [-0.1, -0.05) is 271 Å². The summed E-state index contributed by atoms with van der Waals surface area (Å²) in [6.45, 7) is 4.56. The van der Waals surface area contributed by atoms with Crippen LogP contribution in [0.3, 0.4) is 0 Å². The van der Waals surface area contributed by atoms with Crippen LogP contribution in [0.25, 0.3) is 0 Å². The van der Waals surface area contributed by atoms with Crippen LogP contribution in [0.15, 0.2) is 122 Å². The number of hydrogen-bond acceptors (Lipinski definition) is 15. The predicted molar refractivity (Wildman–Crippen MR) is 418 cm³/mol. The third-order valence-corrected chi connectivity index (χ3v) is 18.3. The second-order valence-corrected chi connectivity index (χ2v) is 29.1. The first-order chi connectivity index (χ1) is 49.7. The van der Waals surface area contributed by atoms with Gasteiger partial charge in [-0.3, -0.25) is 37.3 Å². The summed E-state index contributed by atoms with van der Waals surface area (Å²) in [6.07, 6.45) is 81.8. The van der Waals surface area contributed by atoms with Crippen molar-refractivity contribution in [1.82, 2.24) is 0 Å². The molecule has 586 valence electrons. The largest absolute Gasteiger partial charge is 0.472 e. The van der Waals surface area contributed by atoms with Crippen molar-refractivity contribution in [3.8, 4) is 0 Å². The monoisotopic (exact) mass is 1470 g/mol. The topological polar surface area (TPSA) is 237 Å². The molecule has 0 amide bonds. The van der Waals surface area contributed by atoms with Crippen molar-refractivity contribution in [2.75, 3.05) is 39.6 Å². The number of phosphoric acid groups is 2. The number of aliphatic hydroxyl groups is 1. The molecule has 0 spiro atoms. The first-order valence-corrected chi connectivity index (χ1v) is 42.8. The van der Waals surface area contributed by atoms with Gasteiger partial charge in [0.05, 0.1) is 26.4 Å². The van der Waals surface area contributed by atoms with Gasteiger partial charge in [0.15, 0.2) is 12.2 Å². The second kappa shape index (κ2) is 74.7. The maximum atomic E-state index is 13.1. The third-order valence-electron chi connectivity index (χ3n) is 16.4.